The number of imidazole rings is 1. The number of anilines is 1. The summed E-state index contributed by atoms with van der Waals surface area (Å²) < 4.78 is 2.03. The number of hydrazone groups is 1. The largest absolute Gasteiger partial charge is 0.328 e. The van der Waals surface area contributed by atoms with E-state index in [1.807, 2.05) is 41.1 Å². The fraction of sp³-hybridized carbons (Fsp3) is 0.158. The standard InChI is InChI=1S/C19H17Cl3N4/c1-2-17(26-9-8-23-12-26)18(13-6-4-3-5-7-13)24-25-19-15(21)10-14(20)11-16(19)22/h3-12,17,25H,2H2,1H3/b24-18+. The van der Waals surface area contributed by atoms with Gasteiger partial charge in [0.1, 0.15) is 0 Å². The van der Waals surface area contributed by atoms with Crippen LogP contribution < -0.4 is 5.43 Å². The van der Waals surface area contributed by atoms with E-state index in [1.54, 1.807) is 24.7 Å². The summed E-state index contributed by atoms with van der Waals surface area (Å²) in [5.41, 5.74) is 5.39. The molecule has 7 heteroatoms. The molecule has 26 heavy (non-hydrogen) atoms. The van der Waals surface area contributed by atoms with Crippen LogP contribution in [0.2, 0.25) is 15.1 Å². The first-order chi connectivity index (χ1) is 12.6. The van der Waals surface area contributed by atoms with Gasteiger partial charge in [0.05, 0.1) is 33.8 Å². The SMILES string of the molecule is CCC(/C(=N/Nc1c(Cl)cc(Cl)cc1Cl)c1ccccc1)n1ccnc1. The molecule has 0 fully saturated rings. The van der Waals surface area contributed by atoms with Crippen molar-refractivity contribution in [2.45, 2.75) is 19.4 Å². The predicted octanol–water partition coefficient (Wildman–Crippen LogP) is 6.31. The fourth-order valence-corrected chi connectivity index (χ4v) is 3.61. The third kappa shape index (κ3) is 4.21. The molecule has 0 amide bonds. The highest BCUT2D eigenvalue weighted by Gasteiger charge is 2.18. The lowest BCUT2D eigenvalue weighted by atomic mass is 10.0. The molecule has 0 radical (unpaired) electrons. The Bertz CT molecular complexity index is 869. The molecule has 3 rings (SSSR count). The molecule has 3 aromatic rings. The third-order valence-electron chi connectivity index (χ3n) is 3.95. The van der Waals surface area contributed by atoms with Gasteiger partial charge in [-0.05, 0) is 24.1 Å². The molecule has 1 N–H and O–H groups in total. The number of halogens is 3. The molecule has 1 aromatic heterocycles. The second kappa shape index (κ2) is 8.58. The van der Waals surface area contributed by atoms with E-state index in [0.717, 1.165) is 17.7 Å². The molecule has 0 spiro atoms. The molecule has 0 saturated carbocycles. The minimum atomic E-state index is 0.0113. The Balaban J connectivity index is 2.02. The molecule has 0 aliphatic heterocycles. The zero-order chi connectivity index (χ0) is 18.5. The summed E-state index contributed by atoms with van der Waals surface area (Å²) >= 11 is 18.5. The zero-order valence-electron chi connectivity index (χ0n) is 14.0. The highest BCUT2D eigenvalue weighted by Crippen LogP contribution is 2.34. The molecule has 0 saturated heterocycles. The Morgan fingerprint density at radius 3 is 2.42 bits per heavy atom. The van der Waals surface area contributed by atoms with Crippen LogP contribution >= 0.6 is 34.8 Å². The van der Waals surface area contributed by atoms with E-state index in [9.17, 15) is 0 Å². The summed E-state index contributed by atoms with van der Waals surface area (Å²) in [6, 6.07) is 13.2. The van der Waals surface area contributed by atoms with Crippen LogP contribution in [0.4, 0.5) is 5.69 Å². The van der Waals surface area contributed by atoms with Crippen LogP contribution in [-0.4, -0.2) is 15.3 Å². The van der Waals surface area contributed by atoms with Crippen molar-refractivity contribution in [2.75, 3.05) is 5.43 Å². The Hall–Kier alpha value is -2.01. The molecule has 0 bridgehead atoms. The van der Waals surface area contributed by atoms with Gasteiger partial charge in [0, 0.05) is 17.4 Å². The van der Waals surface area contributed by atoms with Crippen LogP contribution in [0.1, 0.15) is 24.9 Å². The molecule has 0 aliphatic rings. The molecule has 1 atom stereocenters. The second-order valence-corrected chi connectivity index (χ2v) is 6.90. The van der Waals surface area contributed by atoms with Crippen LogP contribution in [0.3, 0.4) is 0 Å². The maximum atomic E-state index is 6.26. The van der Waals surface area contributed by atoms with Crippen LogP contribution in [0.5, 0.6) is 0 Å². The normalized spacial score (nSPS) is 12.8. The third-order valence-corrected chi connectivity index (χ3v) is 4.77. The Morgan fingerprint density at radius 1 is 1.15 bits per heavy atom. The lowest BCUT2D eigenvalue weighted by molar-refractivity contribution is 0.616. The van der Waals surface area contributed by atoms with Crippen LogP contribution in [0, 0.1) is 0 Å². The van der Waals surface area contributed by atoms with Gasteiger partial charge < -0.3 is 4.57 Å². The lowest BCUT2D eigenvalue weighted by Crippen LogP contribution is -2.20. The monoisotopic (exact) mass is 406 g/mol. The van der Waals surface area contributed by atoms with E-state index in [0.29, 0.717) is 20.8 Å². The van der Waals surface area contributed by atoms with Crippen molar-refractivity contribution in [3.05, 3.63) is 81.8 Å². The van der Waals surface area contributed by atoms with Gasteiger partial charge in [0.15, 0.2) is 0 Å². The highest BCUT2D eigenvalue weighted by molar-refractivity contribution is 6.41. The quantitative estimate of drug-likeness (QED) is 0.384. The van der Waals surface area contributed by atoms with E-state index in [-0.39, 0.29) is 6.04 Å². The summed E-state index contributed by atoms with van der Waals surface area (Å²) in [7, 11) is 0. The summed E-state index contributed by atoms with van der Waals surface area (Å²) in [4.78, 5) is 4.15. The van der Waals surface area contributed by atoms with E-state index >= 15 is 0 Å². The number of nitrogens with zero attached hydrogens (tertiary/aromatic N) is 3. The fourth-order valence-electron chi connectivity index (χ4n) is 2.70. The minimum Gasteiger partial charge on any atom is -0.328 e. The molecular formula is C19H17Cl3N4. The highest BCUT2D eigenvalue weighted by atomic mass is 35.5. The molecule has 4 nitrogen and oxygen atoms in total. The lowest BCUT2D eigenvalue weighted by Gasteiger charge is -2.20. The van der Waals surface area contributed by atoms with E-state index in [2.05, 4.69) is 22.4 Å². The maximum Gasteiger partial charge on any atom is 0.0952 e. The second-order valence-electron chi connectivity index (χ2n) is 5.65. The van der Waals surface area contributed by atoms with Crippen molar-refractivity contribution < 1.29 is 0 Å². The van der Waals surface area contributed by atoms with Crippen molar-refractivity contribution in [2.24, 2.45) is 5.10 Å². The molecule has 134 valence electrons. The molecule has 2 aromatic carbocycles. The first-order valence-electron chi connectivity index (χ1n) is 8.11. The Kier molecular flexibility index (Phi) is 6.20. The first kappa shape index (κ1) is 18.8. The molecule has 0 aliphatic carbocycles. The maximum absolute atomic E-state index is 6.26. The van der Waals surface area contributed by atoms with Gasteiger partial charge in [-0.2, -0.15) is 5.10 Å². The van der Waals surface area contributed by atoms with Gasteiger partial charge in [-0.1, -0.05) is 72.1 Å². The topological polar surface area (TPSA) is 42.2 Å². The number of hydrogen-bond acceptors (Lipinski definition) is 3. The Morgan fingerprint density at radius 2 is 1.85 bits per heavy atom. The van der Waals surface area contributed by atoms with Crippen molar-refractivity contribution in [3.8, 4) is 0 Å². The smallest absolute Gasteiger partial charge is 0.0952 e. The average molecular weight is 408 g/mol. The van der Waals surface area contributed by atoms with E-state index in [4.69, 9.17) is 34.8 Å². The first-order valence-corrected chi connectivity index (χ1v) is 9.24. The zero-order valence-corrected chi connectivity index (χ0v) is 16.3. The van der Waals surface area contributed by atoms with Crippen LogP contribution in [0.15, 0.2) is 66.3 Å². The number of aromatic nitrogens is 2. The number of hydrogen-bond donors (Lipinski definition) is 1. The van der Waals surface area contributed by atoms with E-state index in [1.165, 1.54) is 0 Å². The van der Waals surface area contributed by atoms with Gasteiger partial charge in [-0.15, -0.1) is 0 Å². The summed E-state index contributed by atoms with van der Waals surface area (Å²) in [6.45, 7) is 2.10. The van der Waals surface area contributed by atoms with Crippen molar-refractivity contribution in [3.63, 3.8) is 0 Å². The van der Waals surface area contributed by atoms with Gasteiger partial charge in [0.2, 0.25) is 0 Å². The summed E-state index contributed by atoms with van der Waals surface area (Å²) in [6.07, 6.45) is 6.31. The molecular weight excluding hydrogens is 391 g/mol. The van der Waals surface area contributed by atoms with Crippen LogP contribution in [0.25, 0.3) is 0 Å². The van der Waals surface area contributed by atoms with Crippen molar-refractivity contribution in [1.82, 2.24) is 9.55 Å². The number of benzene rings is 2. The number of rotatable bonds is 6. The average Bonchev–Trinajstić information content (AvgIpc) is 3.15. The van der Waals surface area contributed by atoms with Gasteiger partial charge in [-0.3, -0.25) is 5.43 Å². The summed E-state index contributed by atoms with van der Waals surface area (Å²) in [5.74, 6) is 0. The van der Waals surface area contributed by atoms with E-state index < -0.39 is 0 Å². The summed E-state index contributed by atoms with van der Waals surface area (Å²) in [5, 5.41) is 5.95. The van der Waals surface area contributed by atoms with Gasteiger partial charge >= 0.3 is 0 Å². The van der Waals surface area contributed by atoms with Crippen LogP contribution in [-0.2, 0) is 0 Å². The molecule has 1 unspecified atom stereocenters. The minimum absolute atomic E-state index is 0.0113. The molecule has 1 heterocycles. The van der Waals surface area contributed by atoms with Crippen molar-refractivity contribution in [1.29, 1.82) is 0 Å². The van der Waals surface area contributed by atoms with Gasteiger partial charge in [-0.25, -0.2) is 4.98 Å². The Labute approximate surface area is 167 Å². The number of nitrogens with one attached hydrogen (secondary N) is 1. The van der Waals surface area contributed by atoms with Gasteiger partial charge in [0.25, 0.3) is 0 Å². The van der Waals surface area contributed by atoms with Crippen molar-refractivity contribution >= 4 is 46.2 Å². The predicted molar refractivity (Wildman–Crippen MR) is 110 cm³/mol.